The Morgan fingerprint density at radius 3 is 2.90 bits per heavy atom. The maximum atomic E-state index is 12.9. The van der Waals surface area contributed by atoms with Crippen LogP contribution in [0.15, 0.2) is 29.2 Å². The topological polar surface area (TPSA) is 66.8 Å². The summed E-state index contributed by atoms with van der Waals surface area (Å²) in [6.45, 7) is 0.568. The van der Waals surface area contributed by atoms with E-state index in [1.54, 1.807) is 28.6 Å². The lowest BCUT2D eigenvalue weighted by Gasteiger charge is -2.36. The highest BCUT2D eigenvalue weighted by atomic mass is 32.2. The van der Waals surface area contributed by atoms with Crippen LogP contribution in [0.3, 0.4) is 0 Å². The normalized spacial score (nSPS) is 27.4. The van der Waals surface area contributed by atoms with Crippen LogP contribution in [0.25, 0.3) is 0 Å². The van der Waals surface area contributed by atoms with Gasteiger partial charge in [-0.1, -0.05) is 18.2 Å². The molecule has 0 spiro atoms. The third kappa shape index (κ3) is 2.26. The lowest BCUT2D eigenvalue weighted by molar-refractivity contribution is -0.0242. The van der Waals surface area contributed by atoms with Crippen molar-refractivity contribution >= 4 is 10.0 Å². The minimum atomic E-state index is -3.57. The number of fused-ring (bicyclic) bond motifs is 1. The van der Waals surface area contributed by atoms with Crippen LogP contribution in [0.5, 0.6) is 0 Å². The molecule has 1 aliphatic carbocycles. The van der Waals surface area contributed by atoms with E-state index in [1.165, 1.54) is 0 Å². The Kier molecular flexibility index (Phi) is 3.81. The lowest BCUT2D eigenvalue weighted by Crippen LogP contribution is -2.51. The average Bonchev–Trinajstić information content (AvgIpc) is 2.95. The second kappa shape index (κ2) is 5.44. The molecule has 1 aromatic carbocycles. The average molecular weight is 297 g/mol. The summed E-state index contributed by atoms with van der Waals surface area (Å²) in [5.41, 5.74) is 0.452. The van der Waals surface area contributed by atoms with E-state index in [-0.39, 0.29) is 23.6 Å². The van der Waals surface area contributed by atoms with E-state index in [2.05, 4.69) is 0 Å². The van der Waals surface area contributed by atoms with Crippen molar-refractivity contribution in [3.05, 3.63) is 29.8 Å². The monoisotopic (exact) mass is 297 g/mol. The molecule has 0 radical (unpaired) electrons. The Morgan fingerprint density at radius 2 is 2.10 bits per heavy atom. The molecule has 5 nitrogen and oxygen atoms in total. The van der Waals surface area contributed by atoms with Gasteiger partial charge in [0.1, 0.15) is 0 Å². The van der Waals surface area contributed by atoms with Gasteiger partial charge in [0, 0.05) is 6.54 Å². The molecule has 0 bridgehead atoms. The van der Waals surface area contributed by atoms with Crippen molar-refractivity contribution in [2.45, 2.75) is 42.9 Å². The van der Waals surface area contributed by atoms with Crippen molar-refractivity contribution in [1.29, 1.82) is 0 Å². The van der Waals surface area contributed by atoms with Crippen LogP contribution in [0.4, 0.5) is 0 Å². The summed E-state index contributed by atoms with van der Waals surface area (Å²) in [4.78, 5) is 0.218. The van der Waals surface area contributed by atoms with Crippen LogP contribution in [-0.4, -0.2) is 43.1 Å². The molecule has 20 heavy (non-hydrogen) atoms. The van der Waals surface area contributed by atoms with Gasteiger partial charge in [0.15, 0.2) is 0 Å². The third-order valence-electron chi connectivity index (χ3n) is 4.16. The summed E-state index contributed by atoms with van der Waals surface area (Å²) >= 11 is 0. The summed E-state index contributed by atoms with van der Waals surface area (Å²) in [5, 5.41) is 9.36. The third-order valence-corrected chi connectivity index (χ3v) is 6.19. The number of sulfonamides is 1. The molecule has 1 saturated carbocycles. The van der Waals surface area contributed by atoms with Crippen LogP contribution < -0.4 is 0 Å². The fraction of sp³-hybridized carbons (Fsp3) is 0.571. The number of hydrogen-bond donors (Lipinski definition) is 1. The molecule has 3 rings (SSSR count). The van der Waals surface area contributed by atoms with E-state index in [4.69, 9.17) is 4.74 Å². The van der Waals surface area contributed by atoms with Gasteiger partial charge in [0.25, 0.3) is 0 Å². The number of rotatable bonds is 3. The van der Waals surface area contributed by atoms with Crippen molar-refractivity contribution in [2.75, 3.05) is 13.2 Å². The second-order valence-electron chi connectivity index (χ2n) is 5.29. The predicted molar refractivity (Wildman–Crippen MR) is 73.6 cm³/mol. The van der Waals surface area contributed by atoms with E-state index in [0.717, 1.165) is 19.3 Å². The van der Waals surface area contributed by atoms with E-state index >= 15 is 0 Å². The van der Waals surface area contributed by atoms with Crippen molar-refractivity contribution in [1.82, 2.24) is 4.31 Å². The standard InChI is InChI=1S/C14H19NO4S/c16-10-11-4-1-2-7-14(11)20(17,18)15-8-9-19-13-6-3-5-12(13)15/h1-2,4,7,12-13,16H,3,5-6,8-10H2. The molecule has 2 aliphatic rings. The molecule has 2 unspecified atom stereocenters. The molecule has 6 heteroatoms. The molecule has 1 saturated heterocycles. The number of nitrogens with zero attached hydrogens (tertiary/aromatic N) is 1. The molecule has 1 N–H and O–H groups in total. The summed E-state index contributed by atoms with van der Waals surface area (Å²) in [5.74, 6) is 0. The SMILES string of the molecule is O=S(=O)(c1ccccc1CO)N1CCOC2CCCC21. The molecule has 0 aromatic heterocycles. The highest BCUT2D eigenvalue weighted by Crippen LogP contribution is 2.34. The van der Waals surface area contributed by atoms with Gasteiger partial charge in [0.05, 0.1) is 30.3 Å². The Morgan fingerprint density at radius 1 is 1.30 bits per heavy atom. The first-order valence-corrected chi connectivity index (χ1v) is 8.41. The zero-order chi connectivity index (χ0) is 14.2. The molecule has 1 aromatic rings. The molecule has 1 heterocycles. The van der Waals surface area contributed by atoms with Crippen LogP contribution in [0, 0.1) is 0 Å². The Labute approximate surface area is 119 Å². The minimum Gasteiger partial charge on any atom is -0.392 e. The van der Waals surface area contributed by atoms with Gasteiger partial charge in [-0.2, -0.15) is 4.31 Å². The fourth-order valence-corrected chi connectivity index (χ4v) is 5.08. The summed E-state index contributed by atoms with van der Waals surface area (Å²) < 4.78 is 33.0. The molecule has 110 valence electrons. The van der Waals surface area contributed by atoms with Gasteiger partial charge in [0.2, 0.25) is 10.0 Å². The number of morpholine rings is 1. The van der Waals surface area contributed by atoms with Crippen molar-refractivity contribution < 1.29 is 18.3 Å². The number of aliphatic hydroxyl groups is 1. The van der Waals surface area contributed by atoms with Gasteiger partial charge >= 0.3 is 0 Å². The summed E-state index contributed by atoms with van der Waals surface area (Å²) in [6.07, 6.45) is 2.81. The highest BCUT2D eigenvalue weighted by molar-refractivity contribution is 7.89. The summed E-state index contributed by atoms with van der Waals surface area (Å²) in [6, 6.07) is 6.60. The zero-order valence-corrected chi connectivity index (χ0v) is 12.1. The second-order valence-corrected chi connectivity index (χ2v) is 7.15. The number of benzene rings is 1. The van der Waals surface area contributed by atoms with Crippen molar-refractivity contribution in [2.24, 2.45) is 0 Å². The Bertz CT molecular complexity index is 587. The quantitative estimate of drug-likeness (QED) is 0.908. The number of ether oxygens (including phenoxy) is 1. The predicted octanol–water partition coefficient (Wildman–Crippen LogP) is 1.12. The van der Waals surface area contributed by atoms with E-state index in [1.807, 2.05) is 0 Å². The Balaban J connectivity index is 1.98. The van der Waals surface area contributed by atoms with Gasteiger partial charge in [-0.25, -0.2) is 8.42 Å². The van der Waals surface area contributed by atoms with Crippen LogP contribution in [0.1, 0.15) is 24.8 Å². The minimum absolute atomic E-state index is 0.0276. The molecular weight excluding hydrogens is 278 g/mol. The number of aliphatic hydroxyl groups excluding tert-OH is 1. The smallest absolute Gasteiger partial charge is 0.243 e. The van der Waals surface area contributed by atoms with Crippen molar-refractivity contribution in [3.63, 3.8) is 0 Å². The van der Waals surface area contributed by atoms with Gasteiger partial charge in [-0.15, -0.1) is 0 Å². The fourth-order valence-electron chi connectivity index (χ4n) is 3.20. The molecule has 2 fully saturated rings. The first-order valence-electron chi connectivity index (χ1n) is 6.97. The molecule has 2 atom stereocenters. The van der Waals surface area contributed by atoms with Crippen molar-refractivity contribution in [3.8, 4) is 0 Å². The molecule has 0 amide bonds. The zero-order valence-electron chi connectivity index (χ0n) is 11.2. The van der Waals surface area contributed by atoms with E-state index in [9.17, 15) is 13.5 Å². The van der Waals surface area contributed by atoms with Gasteiger partial charge in [-0.05, 0) is 30.9 Å². The van der Waals surface area contributed by atoms with E-state index in [0.29, 0.717) is 18.7 Å². The molecule has 1 aliphatic heterocycles. The highest BCUT2D eigenvalue weighted by Gasteiger charge is 2.42. The maximum Gasteiger partial charge on any atom is 0.243 e. The first-order chi connectivity index (χ1) is 9.64. The maximum absolute atomic E-state index is 12.9. The first kappa shape index (κ1) is 14.0. The molecular formula is C14H19NO4S. The van der Waals surface area contributed by atoms with E-state index < -0.39 is 10.0 Å². The summed E-state index contributed by atoms with van der Waals surface area (Å²) in [7, 11) is -3.57. The van der Waals surface area contributed by atoms with Gasteiger partial charge in [-0.3, -0.25) is 0 Å². The van der Waals surface area contributed by atoms with Gasteiger partial charge < -0.3 is 9.84 Å². The lowest BCUT2D eigenvalue weighted by atomic mass is 10.2. The van der Waals surface area contributed by atoms with Crippen LogP contribution >= 0.6 is 0 Å². The van der Waals surface area contributed by atoms with Crippen LogP contribution in [0.2, 0.25) is 0 Å². The Hall–Kier alpha value is -0.950. The largest absolute Gasteiger partial charge is 0.392 e. The van der Waals surface area contributed by atoms with Crippen LogP contribution in [-0.2, 0) is 21.4 Å². The number of hydrogen-bond acceptors (Lipinski definition) is 4.